The van der Waals surface area contributed by atoms with E-state index >= 15 is 0 Å². The molecule has 3 nitrogen and oxygen atoms in total. The fourth-order valence-electron chi connectivity index (χ4n) is 2.46. The minimum atomic E-state index is -0.261. The first-order valence-corrected chi connectivity index (χ1v) is 7.29. The average Bonchev–Trinajstić information content (AvgIpc) is 2.73. The molecule has 1 aromatic rings. The van der Waals surface area contributed by atoms with Gasteiger partial charge < -0.3 is 14.8 Å². The van der Waals surface area contributed by atoms with Crippen LogP contribution in [0.2, 0.25) is 0 Å². The Balaban J connectivity index is 1.90. The number of nitrogens with one attached hydrogen (secondary N) is 1. The number of rotatable bonds is 6. The SMILES string of the molecule is CCNCc1cc(F)cc(OCC2CCC(C)(C)O2)c1. The van der Waals surface area contributed by atoms with Crippen molar-refractivity contribution in [1.82, 2.24) is 5.32 Å². The Morgan fingerprint density at radius 2 is 2.20 bits per heavy atom. The maximum atomic E-state index is 13.5. The van der Waals surface area contributed by atoms with E-state index in [9.17, 15) is 4.39 Å². The van der Waals surface area contributed by atoms with Gasteiger partial charge in [0.15, 0.2) is 0 Å². The summed E-state index contributed by atoms with van der Waals surface area (Å²) in [5.74, 6) is 0.314. The summed E-state index contributed by atoms with van der Waals surface area (Å²) in [7, 11) is 0. The van der Waals surface area contributed by atoms with Gasteiger partial charge in [0.05, 0.1) is 11.7 Å². The molecule has 2 rings (SSSR count). The van der Waals surface area contributed by atoms with Crippen molar-refractivity contribution in [3.8, 4) is 5.75 Å². The molecule has 1 fully saturated rings. The molecule has 0 spiro atoms. The van der Waals surface area contributed by atoms with E-state index in [4.69, 9.17) is 9.47 Å². The minimum Gasteiger partial charge on any atom is -0.491 e. The topological polar surface area (TPSA) is 30.5 Å². The van der Waals surface area contributed by atoms with Crippen LogP contribution in [0.25, 0.3) is 0 Å². The summed E-state index contributed by atoms with van der Waals surface area (Å²) < 4.78 is 25.1. The molecule has 0 radical (unpaired) electrons. The third kappa shape index (κ3) is 4.46. The van der Waals surface area contributed by atoms with Crippen LogP contribution >= 0.6 is 0 Å². The largest absolute Gasteiger partial charge is 0.491 e. The molecule has 112 valence electrons. The molecule has 1 N–H and O–H groups in total. The Morgan fingerprint density at radius 3 is 2.85 bits per heavy atom. The van der Waals surface area contributed by atoms with Crippen LogP contribution in [0.3, 0.4) is 0 Å². The summed E-state index contributed by atoms with van der Waals surface area (Å²) in [5.41, 5.74) is 0.834. The van der Waals surface area contributed by atoms with E-state index in [-0.39, 0.29) is 17.5 Å². The summed E-state index contributed by atoms with van der Waals surface area (Å²) in [5, 5.41) is 3.18. The number of halogens is 1. The van der Waals surface area contributed by atoms with Crippen LogP contribution in [-0.4, -0.2) is 24.9 Å². The highest BCUT2D eigenvalue weighted by molar-refractivity contribution is 5.29. The van der Waals surface area contributed by atoms with E-state index in [2.05, 4.69) is 19.2 Å². The van der Waals surface area contributed by atoms with Crippen molar-refractivity contribution in [3.63, 3.8) is 0 Å². The highest BCUT2D eigenvalue weighted by Gasteiger charge is 2.31. The monoisotopic (exact) mass is 281 g/mol. The van der Waals surface area contributed by atoms with Crippen molar-refractivity contribution < 1.29 is 13.9 Å². The Labute approximate surface area is 120 Å². The lowest BCUT2D eigenvalue weighted by Crippen LogP contribution is -2.24. The maximum Gasteiger partial charge on any atom is 0.127 e. The second kappa shape index (κ2) is 6.55. The number of ether oxygens (including phenoxy) is 2. The van der Waals surface area contributed by atoms with E-state index in [1.807, 2.05) is 13.0 Å². The van der Waals surface area contributed by atoms with Gasteiger partial charge in [-0.25, -0.2) is 4.39 Å². The molecule has 1 heterocycles. The normalized spacial score (nSPS) is 21.1. The third-order valence-electron chi connectivity index (χ3n) is 3.50. The minimum absolute atomic E-state index is 0.0633. The lowest BCUT2D eigenvalue weighted by molar-refractivity contribution is -0.0327. The van der Waals surface area contributed by atoms with E-state index < -0.39 is 0 Å². The molecule has 1 aliphatic rings. The summed E-state index contributed by atoms with van der Waals surface area (Å²) in [6.07, 6.45) is 2.13. The summed E-state index contributed by atoms with van der Waals surface area (Å²) in [6, 6.07) is 4.84. The van der Waals surface area contributed by atoms with Crippen LogP contribution in [0.1, 0.15) is 39.2 Å². The van der Waals surface area contributed by atoms with E-state index in [1.54, 1.807) is 0 Å². The fourth-order valence-corrected chi connectivity index (χ4v) is 2.46. The molecular weight excluding hydrogens is 257 g/mol. The van der Waals surface area contributed by atoms with E-state index in [0.717, 1.165) is 24.9 Å². The van der Waals surface area contributed by atoms with Gasteiger partial charge in [-0.3, -0.25) is 0 Å². The van der Waals surface area contributed by atoms with Crippen molar-refractivity contribution in [2.45, 2.75) is 51.9 Å². The molecule has 1 saturated heterocycles. The summed E-state index contributed by atoms with van der Waals surface area (Å²) >= 11 is 0. The summed E-state index contributed by atoms with van der Waals surface area (Å²) in [4.78, 5) is 0. The molecule has 1 aromatic carbocycles. The Morgan fingerprint density at radius 1 is 1.40 bits per heavy atom. The molecule has 1 atom stereocenters. The molecule has 1 unspecified atom stereocenters. The van der Waals surface area contributed by atoms with Crippen molar-refractivity contribution in [1.29, 1.82) is 0 Å². The summed E-state index contributed by atoms with van der Waals surface area (Å²) in [6.45, 7) is 8.19. The van der Waals surface area contributed by atoms with Crippen LogP contribution in [0.4, 0.5) is 4.39 Å². The molecule has 0 bridgehead atoms. The van der Waals surface area contributed by atoms with Gasteiger partial charge in [-0.15, -0.1) is 0 Å². The Bertz CT molecular complexity index is 448. The molecule has 4 heteroatoms. The van der Waals surface area contributed by atoms with Crippen LogP contribution < -0.4 is 10.1 Å². The van der Waals surface area contributed by atoms with Gasteiger partial charge in [-0.1, -0.05) is 6.92 Å². The standard InChI is InChI=1S/C16H24FNO2/c1-4-18-10-12-7-13(17)9-15(8-12)19-11-14-5-6-16(2,3)20-14/h7-9,14,18H,4-6,10-11H2,1-3H3. The molecule has 1 aliphatic heterocycles. The van der Waals surface area contributed by atoms with Crippen molar-refractivity contribution in [2.75, 3.05) is 13.2 Å². The van der Waals surface area contributed by atoms with E-state index in [0.29, 0.717) is 18.9 Å². The van der Waals surface area contributed by atoms with Gasteiger partial charge in [-0.2, -0.15) is 0 Å². The number of hydrogen-bond acceptors (Lipinski definition) is 3. The fraction of sp³-hybridized carbons (Fsp3) is 0.625. The molecule has 20 heavy (non-hydrogen) atoms. The maximum absolute atomic E-state index is 13.5. The Kier molecular flexibility index (Phi) is 5.00. The quantitative estimate of drug-likeness (QED) is 0.868. The van der Waals surface area contributed by atoms with E-state index in [1.165, 1.54) is 12.1 Å². The predicted molar refractivity (Wildman–Crippen MR) is 77.5 cm³/mol. The first kappa shape index (κ1) is 15.3. The lowest BCUT2D eigenvalue weighted by Gasteiger charge is -2.19. The predicted octanol–water partition coefficient (Wildman–Crippen LogP) is 3.27. The zero-order valence-corrected chi connectivity index (χ0v) is 12.5. The van der Waals surface area contributed by atoms with Crippen LogP contribution in [0.15, 0.2) is 18.2 Å². The second-order valence-corrected chi connectivity index (χ2v) is 5.92. The van der Waals surface area contributed by atoms with Crippen molar-refractivity contribution in [3.05, 3.63) is 29.6 Å². The van der Waals surface area contributed by atoms with Crippen molar-refractivity contribution in [2.24, 2.45) is 0 Å². The molecule has 0 saturated carbocycles. The van der Waals surface area contributed by atoms with Gasteiger partial charge in [0.25, 0.3) is 0 Å². The Hall–Kier alpha value is -1.13. The molecule has 0 aliphatic carbocycles. The van der Waals surface area contributed by atoms with Gasteiger partial charge >= 0.3 is 0 Å². The first-order chi connectivity index (χ1) is 9.48. The third-order valence-corrected chi connectivity index (χ3v) is 3.50. The van der Waals surface area contributed by atoms with Gasteiger partial charge in [0.2, 0.25) is 0 Å². The van der Waals surface area contributed by atoms with Gasteiger partial charge in [0.1, 0.15) is 18.2 Å². The smallest absolute Gasteiger partial charge is 0.127 e. The highest BCUT2D eigenvalue weighted by atomic mass is 19.1. The molecule has 0 aromatic heterocycles. The average molecular weight is 281 g/mol. The highest BCUT2D eigenvalue weighted by Crippen LogP contribution is 2.29. The van der Waals surface area contributed by atoms with Crippen LogP contribution in [0.5, 0.6) is 5.75 Å². The van der Waals surface area contributed by atoms with Crippen molar-refractivity contribution >= 4 is 0 Å². The number of hydrogen-bond donors (Lipinski definition) is 1. The molecular formula is C16H24FNO2. The van der Waals surface area contributed by atoms with Gasteiger partial charge in [-0.05, 0) is 50.9 Å². The second-order valence-electron chi connectivity index (χ2n) is 5.92. The number of benzene rings is 1. The molecule has 0 amide bonds. The van der Waals surface area contributed by atoms with Crippen LogP contribution in [-0.2, 0) is 11.3 Å². The van der Waals surface area contributed by atoms with Crippen LogP contribution in [0, 0.1) is 5.82 Å². The zero-order valence-electron chi connectivity index (χ0n) is 12.5. The first-order valence-electron chi connectivity index (χ1n) is 7.29. The van der Waals surface area contributed by atoms with Gasteiger partial charge in [0, 0.05) is 12.6 Å². The lowest BCUT2D eigenvalue weighted by atomic mass is 10.1. The zero-order chi connectivity index (χ0) is 14.6.